The van der Waals surface area contributed by atoms with E-state index in [2.05, 4.69) is 5.32 Å². The van der Waals surface area contributed by atoms with Crippen molar-refractivity contribution in [3.63, 3.8) is 0 Å². The summed E-state index contributed by atoms with van der Waals surface area (Å²) in [6.07, 6.45) is 2.48. The van der Waals surface area contributed by atoms with Crippen LogP contribution in [0.3, 0.4) is 0 Å². The molecule has 0 saturated carbocycles. The van der Waals surface area contributed by atoms with Crippen LogP contribution in [0.1, 0.15) is 24.0 Å². The van der Waals surface area contributed by atoms with Crippen LogP contribution in [0.4, 0.5) is 17.1 Å². The molecule has 0 atom stereocenters. The average Bonchev–Trinajstić information content (AvgIpc) is 3.04. The summed E-state index contributed by atoms with van der Waals surface area (Å²) in [6.45, 7) is 4.13. The predicted molar refractivity (Wildman–Crippen MR) is 115 cm³/mol. The van der Waals surface area contributed by atoms with Gasteiger partial charge in [0.2, 0.25) is 21.8 Å². The van der Waals surface area contributed by atoms with Gasteiger partial charge in [0, 0.05) is 24.3 Å². The molecule has 0 aliphatic carbocycles. The van der Waals surface area contributed by atoms with Gasteiger partial charge < -0.3 is 10.2 Å². The highest BCUT2D eigenvalue weighted by Crippen LogP contribution is 2.24. The van der Waals surface area contributed by atoms with E-state index in [0.29, 0.717) is 24.3 Å². The van der Waals surface area contributed by atoms with Crippen LogP contribution in [0, 0.1) is 13.8 Å². The number of benzene rings is 2. The molecule has 1 saturated heterocycles. The van der Waals surface area contributed by atoms with Crippen LogP contribution in [0.15, 0.2) is 42.5 Å². The molecular weight excluding hydrogens is 390 g/mol. The first-order valence-corrected chi connectivity index (χ1v) is 11.2. The third kappa shape index (κ3) is 5.14. The van der Waals surface area contributed by atoms with Crippen molar-refractivity contribution in [2.24, 2.45) is 0 Å². The summed E-state index contributed by atoms with van der Waals surface area (Å²) in [5, 5.41) is 2.72. The monoisotopic (exact) mass is 415 g/mol. The summed E-state index contributed by atoms with van der Waals surface area (Å²) in [6, 6.07) is 12.4. The molecule has 29 heavy (non-hydrogen) atoms. The van der Waals surface area contributed by atoms with Gasteiger partial charge in [0.1, 0.15) is 6.54 Å². The van der Waals surface area contributed by atoms with Crippen molar-refractivity contribution in [1.29, 1.82) is 0 Å². The van der Waals surface area contributed by atoms with Gasteiger partial charge in [-0.15, -0.1) is 0 Å². The number of sulfonamides is 1. The third-order valence-electron chi connectivity index (χ3n) is 4.72. The van der Waals surface area contributed by atoms with Crippen molar-refractivity contribution in [3.8, 4) is 0 Å². The molecular formula is C21H25N3O4S. The molecule has 154 valence electrons. The first-order valence-electron chi connectivity index (χ1n) is 9.40. The fraction of sp³-hybridized carbons (Fsp3) is 0.333. The summed E-state index contributed by atoms with van der Waals surface area (Å²) in [7, 11) is -3.63. The molecule has 2 aromatic rings. The molecule has 1 aliphatic rings. The molecule has 1 heterocycles. The van der Waals surface area contributed by atoms with E-state index in [1.165, 1.54) is 0 Å². The van der Waals surface area contributed by atoms with Crippen molar-refractivity contribution in [2.45, 2.75) is 26.7 Å². The van der Waals surface area contributed by atoms with Crippen molar-refractivity contribution >= 4 is 38.9 Å². The Kier molecular flexibility index (Phi) is 5.93. The predicted octanol–water partition coefficient (Wildman–Crippen LogP) is 2.83. The third-order valence-corrected chi connectivity index (χ3v) is 5.86. The Hall–Kier alpha value is -2.87. The number of carbonyl (C=O) groups excluding carboxylic acids is 2. The number of rotatable bonds is 6. The molecule has 2 aromatic carbocycles. The number of amides is 2. The maximum absolute atomic E-state index is 12.5. The number of hydrogen-bond donors (Lipinski definition) is 1. The van der Waals surface area contributed by atoms with E-state index in [1.807, 2.05) is 19.9 Å². The zero-order chi connectivity index (χ0) is 21.2. The van der Waals surface area contributed by atoms with Crippen LogP contribution in [-0.4, -0.2) is 39.6 Å². The van der Waals surface area contributed by atoms with Gasteiger partial charge in [-0.25, -0.2) is 8.42 Å². The molecule has 7 nitrogen and oxygen atoms in total. The minimum absolute atomic E-state index is 0.0963. The molecule has 0 bridgehead atoms. The fourth-order valence-corrected chi connectivity index (χ4v) is 4.31. The maximum Gasteiger partial charge on any atom is 0.245 e. The number of aryl methyl sites for hydroxylation is 2. The van der Waals surface area contributed by atoms with Crippen molar-refractivity contribution in [3.05, 3.63) is 53.6 Å². The molecule has 0 aromatic heterocycles. The molecule has 3 rings (SSSR count). The Bertz CT molecular complexity index is 1010. The Balaban J connectivity index is 1.73. The smallest absolute Gasteiger partial charge is 0.245 e. The number of nitrogens with one attached hydrogen (secondary N) is 1. The standard InChI is InChI=1S/C21H25N3O4S/c1-15-11-16(2)13-19(12-15)24(29(3,27)28)14-20(25)22-17-6-8-18(9-7-17)23-10-4-5-21(23)26/h6-9,11-13H,4-5,10,14H2,1-3H3,(H,22,25). The van der Waals surface area contributed by atoms with Gasteiger partial charge in [-0.05, 0) is 67.8 Å². The van der Waals surface area contributed by atoms with E-state index in [0.717, 1.165) is 33.8 Å². The number of nitrogens with zero attached hydrogens (tertiary/aromatic N) is 2. The van der Waals surface area contributed by atoms with E-state index in [9.17, 15) is 18.0 Å². The lowest BCUT2D eigenvalue weighted by molar-refractivity contribution is -0.117. The lowest BCUT2D eigenvalue weighted by atomic mass is 10.1. The lowest BCUT2D eigenvalue weighted by Gasteiger charge is -2.23. The zero-order valence-corrected chi connectivity index (χ0v) is 17.6. The van der Waals surface area contributed by atoms with E-state index < -0.39 is 15.9 Å². The molecule has 8 heteroatoms. The second kappa shape index (κ2) is 8.24. The van der Waals surface area contributed by atoms with Crippen molar-refractivity contribution < 1.29 is 18.0 Å². The van der Waals surface area contributed by atoms with E-state index in [4.69, 9.17) is 0 Å². The SMILES string of the molecule is Cc1cc(C)cc(N(CC(=O)Nc2ccc(N3CCCC3=O)cc2)S(C)(=O)=O)c1. The minimum atomic E-state index is -3.63. The van der Waals surface area contributed by atoms with E-state index in [-0.39, 0.29) is 12.5 Å². The van der Waals surface area contributed by atoms with Gasteiger partial charge in [-0.2, -0.15) is 0 Å². The van der Waals surface area contributed by atoms with Crippen LogP contribution in [-0.2, 0) is 19.6 Å². The lowest BCUT2D eigenvalue weighted by Crippen LogP contribution is -2.37. The fourth-order valence-electron chi connectivity index (χ4n) is 3.47. The second-order valence-corrected chi connectivity index (χ2v) is 9.27. The number of hydrogen-bond acceptors (Lipinski definition) is 4. The Labute approximate surface area is 171 Å². The molecule has 0 radical (unpaired) electrons. The van der Waals surface area contributed by atoms with Gasteiger partial charge in [0.15, 0.2) is 0 Å². The Morgan fingerprint density at radius 3 is 2.24 bits per heavy atom. The van der Waals surface area contributed by atoms with Crippen molar-refractivity contribution in [2.75, 3.05) is 33.9 Å². The normalized spacial score (nSPS) is 14.2. The molecule has 2 amide bonds. The van der Waals surface area contributed by atoms with Crippen LogP contribution < -0.4 is 14.5 Å². The van der Waals surface area contributed by atoms with Crippen LogP contribution >= 0.6 is 0 Å². The van der Waals surface area contributed by atoms with E-state index in [1.54, 1.807) is 41.3 Å². The Morgan fingerprint density at radius 1 is 1.10 bits per heavy atom. The summed E-state index contributed by atoms with van der Waals surface area (Å²) in [5.41, 5.74) is 3.63. The van der Waals surface area contributed by atoms with Crippen LogP contribution in [0.25, 0.3) is 0 Å². The molecule has 1 N–H and O–H groups in total. The Morgan fingerprint density at radius 2 is 1.72 bits per heavy atom. The quantitative estimate of drug-likeness (QED) is 0.786. The molecule has 1 fully saturated rings. The summed E-state index contributed by atoms with van der Waals surface area (Å²) >= 11 is 0. The summed E-state index contributed by atoms with van der Waals surface area (Å²) in [5.74, 6) is -0.349. The van der Waals surface area contributed by atoms with Crippen molar-refractivity contribution in [1.82, 2.24) is 0 Å². The highest BCUT2D eigenvalue weighted by Gasteiger charge is 2.23. The molecule has 0 unspecified atom stereocenters. The van der Waals surface area contributed by atoms with Gasteiger partial charge in [0.25, 0.3) is 0 Å². The number of anilines is 3. The van der Waals surface area contributed by atoms with E-state index >= 15 is 0 Å². The first kappa shape index (κ1) is 20.9. The highest BCUT2D eigenvalue weighted by atomic mass is 32.2. The molecule has 1 aliphatic heterocycles. The van der Waals surface area contributed by atoms with Gasteiger partial charge in [-0.1, -0.05) is 6.07 Å². The van der Waals surface area contributed by atoms with Gasteiger partial charge in [0.05, 0.1) is 11.9 Å². The second-order valence-electron chi connectivity index (χ2n) is 7.36. The van der Waals surface area contributed by atoms with Gasteiger partial charge in [-0.3, -0.25) is 13.9 Å². The first-order chi connectivity index (χ1) is 13.6. The molecule has 0 spiro atoms. The summed E-state index contributed by atoms with van der Waals surface area (Å²) < 4.78 is 25.6. The maximum atomic E-state index is 12.5. The van der Waals surface area contributed by atoms with Crippen LogP contribution in [0.2, 0.25) is 0 Å². The summed E-state index contributed by atoms with van der Waals surface area (Å²) in [4.78, 5) is 26.1. The van der Waals surface area contributed by atoms with Crippen LogP contribution in [0.5, 0.6) is 0 Å². The largest absolute Gasteiger partial charge is 0.325 e. The zero-order valence-electron chi connectivity index (χ0n) is 16.8. The topological polar surface area (TPSA) is 86.8 Å². The van der Waals surface area contributed by atoms with Gasteiger partial charge >= 0.3 is 0 Å². The minimum Gasteiger partial charge on any atom is -0.325 e. The average molecular weight is 416 g/mol. The highest BCUT2D eigenvalue weighted by molar-refractivity contribution is 7.92. The number of carbonyl (C=O) groups is 2.